The minimum atomic E-state index is -0.996. The van der Waals surface area contributed by atoms with Gasteiger partial charge < -0.3 is 25.0 Å². The van der Waals surface area contributed by atoms with Gasteiger partial charge in [0, 0.05) is 23.7 Å². The van der Waals surface area contributed by atoms with Crippen LogP contribution >= 0.6 is 23.4 Å². The van der Waals surface area contributed by atoms with Crippen LogP contribution in [0.3, 0.4) is 0 Å². The van der Waals surface area contributed by atoms with Gasteiger partial charge in [-0.15, -0.1) is 11.8 Å². The van der Waals surface area contributed by atoms with Gasteiger partial charge in [-0.05, 0) is 35.9 Å². The Hall–Kier alpha value is -3.24. The van der Waals surface area contributed by atoms with Crippen molar-refractivity contribution >= 4 is 52.7 Å². The number of ether oxygens (including phenoxy) is 1. The molecule has 2 aromatic carbocycles. The lowest BCUT2D eigenvalue weighted by atomic mass is 10.00. The Balaban J connectivity index is 1.58. The van der Waals surface area contributed by atoms with Gasteiger partial charge in [-0.2, -0.15) is 0 Å². The number of piperazine rings is 1. The Labute approximate surface area is 205 Å². The van der Waals surface area contributed by atoms with Gasteiger partial charge in [-0.25, -0.2) is 0 Å². The minimum absolute atomic E-state index is 0.000358. The molecule has 2 heterocycles. The Morgan fingerprint density at radius 3 is 2.68 bits per heavy atom. The predicted octanol–water partition coefficient (Wildman–Crippen LogP) is 2.44. The monoisotopic (exact) mass is 503 g/mol. The summed E-state index contributed by atoms with van der Waals surface area (Å²) in [5, 5.41) is 12.1. The van der Waals surface area contributed by atoms with Crippen molar-refractivity contribution in [2.24, 2.45) is 0 Å². The van der Waals surface area contributed by atoms with E-state index in [1.165, 1.54) is 9.80 Å². The van der Waals surface area contributed by atoms with Crippen LogP contribution in [-0.4, -0.2) is 82.9 Å². The van der Waals surface area contributed by atoms with Crippen LogP contribution in [-0.2, 0) is 14.4 Å². The summed E-state index contributed by atoms with van der Waals surface area (Å²) in [6.07, 6.45) is 0. The lowest BCUT2D eigenvalue weighted by molar-refractivity contribution is -0.134. The Morgan fingerprint density at radius 1 is 1.15 bits per heavy atom. The van der Waals surface area contributed by atoms with Crippen molar-refractivity contribution in [1.29, 1.82) is 0 Å². The van der Waals surface area contributed by atoms with E-state index in [1.807, 2.05) is 0 Å². The van der Waals surface area contributed by atoms with E-state index < -0.39 is 12.0 Å². The highest BCUT2D eigenvalue weighted by molar-refractivity contribution is 8.00. The van der Waals surface area contributed by atoms with Crippen LogP contribution in [0.1, 0.15) is 10.4 Å². The maximum Gasteiger partial charge on any atom is 0.313 e. The predicted molar refractivity (Wildman–Crippen MR) is 128 cm³/mol. The molecule has 1 saturated heterocycles. The fourth-order valence-corrected chi connectivity index (χ4v) is 4.87. The van der Waals surface area contributed by atoms with Crippen molar-refractivity contribution in [3.8, 4) is 16.9 Å². The molecule has 0 radical (unpaired) electrons. The number of aliphatic carboxylic acids is 1. The van der Waals surface area contributed by atoms with E-state index in [2.05, 4.69) is 5.32 Å². The van der Waals surface area contributed by atoms with E-state index in [0.717, 1.165) is 11.8 Å². The van der Waals surface area contributed by atoms with E-state index in [9.17, 15) is 19.2 Å². The molecule has 2 aliphatic heterocycles. The molecule has 1 fully saturated rings. The third-order valence-corrected chi connectivity index (χ3v) is 6.87. The fourth-order valence-electron chi connectivity index (χ4n) is 4.07. The number of carbonyl (C=O) groups is 4. The number of hydrogen-bond acceptors (Lipinski definition) is 6. The van der Waals surface area contributed by atoms with E-state index in [4.69, 9.17) is 21.4 Å². The number of nitrogens with one attached hydrogen (secondary N) is 1. The number of carboxylic acids is 1. The molecule has 1 atom stereocenters. The second-order valence-corrected chi connectivity index (χ2v) is 9.26. The Morgan fingerprint density at radius 2 is 1.94 bits per heavy atom. The van der Waals surface area contributed by atoms with Gasteiger partial charge in [0.05, 0.1) is 36.4 Å². The van der Waals surface area contributed by atoms with Crippen LogP contribution in [0.25, 0.3) is 11.1 Å². The van der Waals surface area contributed by atoms with Gasteiger partial charge in [0.25, 0.3) is 5.91 Å². The highest BCUT2D eigenvalue weighted by Gasteiger charge is 2.40. The second-order valence-electron chi connectivity index (χ2n) is 7.83. The number of carboxylic acid groups (broad SMARTS) is 1. The quantitative estimate of drug-likeness (QED) is 0.622. The smallest absolute Gasteiger partial charge is 0.313 e. The van der Waals surface area contributed by atoms with E-state index in [1.54, 1.807) is 43.5 Å². The normalized spacial score (nSPS) is 17.4. The zero-order chi connectivity index (χ0) is 24.4. The number of thioether (sulfide) groups is 1. The molecule has 0 aliphatic carbocycles. The molecule has 11 heteroatoms. The molecule has 0 bridgehead atoms. The highest BCUT2D eigenvalue weighted by atomic mass is 35.5. The first kappa shape index (κ1) is 23.9. The summed E-state index contributed by atoms with van der Waals surface area (Å²) in [5.74, 6) is -1.53. The number of benzene rings is 2. The first-order chi connectivity index (χ1) is 16.3. The lowest BCUT2D eigenvalue weighted by Crippen LogP contribution is -2.59. The molecule has 178 valence electrons. The van der Waals surface area contributed by atoms with Crippen molar-refractivity contribution in [3.63, 3.8) is 0 Å². The van der Waals surface area contributed by atoms with Crippen molar-refractivity contribution in [2.45, 2.75) is 6.04 Å². The number of nitrogens with zero attached hydrogens (tertiary/aromatic N) is 2. The number of fused-ring (bicyclic) bond motifs is 2. The molecular weight excluding hydrogens is 482 g/mol. The van der Waals surface area contributed by atoms with Crippen LogP contribution in [0.4, 0.5) is 5.69 Å². The molecule has 1 unspecified atom stereocenters. The number of hydrogen-bond donors (Lipinski definition) is 2. The van der Waals surface area contributed by atoms with Crippen molar-refractivity contribution in [1.82, 2.24) is 9.80 Å². The first-order valence-corrected chi connectivity index (χ1v) is 12.0. The van der Waals surface area contributed by atoms with Crippen molar-refractivity contribution < 1.29 is 29.0 Å². The van der Waals surface area contributed by atoms with Crippen LogP contribution in [0.5, 0.6) is 5.75 Å². The molecule has 0 spiro atoms. The third-order valence-electron chi connectivity index (χ3n) is 5.73. The van der Waals surface area contributed by atoms with Crippen molar-refractivity contribution in [2.75, 3.05) is 43.6 Å². The number of halogens is 1. The number of amides is 3. The van der Waals surface area contributed by atoms with Gasteiger partial charge >= 0.3 is 5.97 Å². The largest absolute Gasteiger partial charge is 0.496 e. The zero-order valence-corrected chi connectivity index (χ0v) is 19.8. The van der Waals surface area contributed by atoms with Crippen LogP contribution in [0.2, 0.25) is 5.02 Å². The molecule has 2 aromatic rings. The average Bonchev–Trinajstić information content (AvgIpc) is 2.92. The summed E-state index contributed by atoms with van der Waals surface area (Å²) in [5.41, 5.74) is 2.16. The molecule has 34 heavy (non-hydrogen) atoms. The summed E-state index contributed by atoms with van der Waals surface area (Å²) in [7, 11) is 1.55. The highest BCUT2D eigenvalue weighted by Crippen LogP contribution is 2.36. The number of methoxy groups -OCH3 is 1. The van der Waals surface area contributed by atoms with Crippen LogP contribution in [0.15, 0.2) is 36.4 Å². The summed E-state index contributed by atoms with van der Waals surface area (Å²) in [6.45, 7) is 0.503. The zero-order valence-electron chi connectivity index (χ0n) is 18.2. The van der Waals surface area contributed by atoms with Crippen LogP contribution < -0.4 is 10.1 Å². The summed E-state index contributed by atoms with van der Waals surface area (Å²) < 4.78 is 5.43. The van der Waals surface area contributed by atoms with Gasteiger partial charge in [-0.3, -0.25) is 19.2 Å². The number of rotatable bonds is 6. The van der Waals surface area contributed by atoms with Crippen molar-refractivity contribution in [3.05, 3.63) is 47.0 Å². The standard InChI is InChI=1S/C23H22ClN3O6S/c1-33-19-5-3-14(24)9-15(19)13-2-4-17-16(8-13)23(32)27-7-6-26(10-18(27)22(31)25-17)20(28)11-34-12-21(29)30/h2-5,8-9,18H,6-7,10-12H2,1H3,(H,25,31)(H,29,30). The third kappa shape index (κ3) is 4.83. The molecule has 2 N–H and O–H groups in total. The SMILES string of the molecule is COc1ccc(Cl)cc1-c1ccc2c(c1)C(=O)N1CCN(C(=O)CSCC(=O)O)CC1C(=O)N2. The van der Waals surface area contributed by atoms with Crippen LogP contribution in [0, 0.1) is 0 Å². The number of anilines is 1. The van der Waals surface area contributed by atoms with E-state index in [-0.39, 0.29) is 48.9 Å². The average molecular weight is 504 g/mol. The summed E-state index contributed by atoms with van der Waals surface area (Å²) in [4.78, 5) is 52.6. The number of carbonyl (C=O) groups excluding carboxylic acids is 3. The Bertz CT molecular complexity index is 1170. The summed E-state index contributed by atoms with van der Waals surface area (Å²) >= 11 is 7.17. The summed E-state index contributed by atoms with van der Waals surface area (Å²) in [6, 6.07) is 9.52. The molecule has 4 rings (SSSR count). The molecule has 0 saturated carbocycles. The molecule has 3 amide bonds. The molecule has 9 nitrogen and oxygen atoms in total. The maximum atomic E-state index is 13.4. The lowest BCUT2D eigenvalue weighted by Gasteiger charge is -2.39. The minimum Gasteiger partial charge on any atom is -0.496 e. The topological polar surface area (TPSA) is 116 Å². The first-order valence-electron chi connectivity index (χ1n) is 10.5. The fraction of sp³-hybridized carbons (Fsp3) is 0.304. The Kier molecular flexibility index (Phi) is 6.99. The van der Waals surface area contributed by atoms with Gasteiger partial charge in [0.1, 0.15) is 11.8 Å². The second kappa shape index (κ2) is 9.94. The van der Waals surface area contributed by atoms with Gasteiger partial charge in [0.15, 0.2) is 0 Å². The maximum absolute atomic E-state index is 13.4. The molecule has 0 aromatic heterocycles. The van der Waals surface area contributed by atoms with Gasteiger partial charge in [-0.1, -0.05) is 17.7 Å². The molecule has 2 aliphatic rings. The van der Waals surface area contributed by atoms with Gasteiger partial charge in [0.2, 0.25) is 11.8 Å². The van der Waals surface area contributed by atoms with E-state index in [0.29, 0.717) is 33.1 Å². The van der Waals surface area contributed by atoms with E-state index >= 15 is 0 Å². The molecular formula is C23H22ClN3O6S.